The first-order valence-corrected chi connectivity index (χ1v) is 6.22. The van der Waals surface area contributed by atoms with Crippen LogP contribution >= 0.6 is 12.2 Å². The highest BCUT2D eigenvalue weighted by atomic mass is 32.1. The van der Waals surface area contributed by atoms with Crippen molar-refractivity contribution in [2.75, 3.05) is 13.1 Å². The molecule has 1 amide bonds. The molecule has 2 fully saturated rings. The lowest BCUT2D eigenvalue weighted by atomic mass is 10.2. The molecule has 16 heavy (non-hydrogen) atoms. The molecule has 0 radical (unpaired) electrons. The Morgan fingerprint density at radius 2 is 1.88 bits per heavy atom. The molecule has 2 rings (SSSR count). The van der Waals surface area contributed by atoms with Gasteiger partial charge in [0.1, 0.15) is 0 Å². The Balaban J connectivity index is 1.85. The van der Waals surface area contributed by atoms with Gasteiger partial charge in [-0.2, -0.15) is 0 Å². The van der Waals surface area contributed by atoms with E-state index in [1.54, 1.807) is 0 Å². The molecule has 4 nitrogen and oxygen atoms in total. The normalized spacial score (nSPS) is 30.0. The number of thiocarbonyl (C=S) groups is 1. The third-order valence-electron chi connectivity index (χ3n) is 2.89. The largest absolute Gasteiger partial charge is 0.372 e. The highest BCUT2D eigenvalue weighted by Gasteiger charge is 2.32. The van der Waals surface area contributed by atoms with E-state index in [0.717, 1.165) is 25.9 Å². The molecule has 0 aromatic heterocycles. The van der Waals surface area contributed by atoms with Gasteiger partial charge in [-0.3, -0.25) is 4.79 Å². The Morgan fingerprint density at radius 1 is 1.31 bits per heavy atom. The van der Waals surface area contributed by atoms with E-state index in [1.165, 1.54) is 0 Å². The Labute approximate surface area is 101 Å². The van der Waals surface area contributed by atoms with E-state index < -0.39 is 0 Å². The van der Waals surface area contributed by atoms with Gasteiger partial charge >= 0.3 is 0 Å². The molecule has 1 saturated heterocycles. The number of carbonyl (C=O) groups is 1. The van der Waals surface area contributed by atoms with E-state index >= 15 is 0 Å². The number of nitrogens with zero attached hydrogens (tertiary/aromatic N) is 1. The summed E-state index contributed by atoms with van der Waals surface area (Å²) in [6.45, 7) is 5.56. The van der Waals surface area contributed by atoms with E-state index in [4.69, 9.17) is 17.0 Å². The minimum Gasteiger partial charge on any atom is -0.372 e. The van der Waals surface area contributed by atoms with E-state index in [9.17, 15) is 4.79 Å². The molecule has 1 saturated carbocycles. The van der Waals surface area contributed by atoms with E-state index in [2.05, 4.69) is 5.32 Å². The van der Waals surface area contributed by atoms with Gasteiger partial charge in [0, 0.05) is 19.0 Å². The average molecular weight is 242 g/mol. The number of ether oxygens (including phenoxy) is 1. The Bertz CT molecular complexity index is 294. The van der Waals surface area contributed by atoms with E-state index in [1.807, 2.05) is 18.7 Å². The van der Waals surface area contributed by atoms with Crippen LogP contribution in [0.2, 0.25) is 0 Å². The van der Waals surface area contributed by atoms with Crippen molar-refractivity contribution >= 4 is 23.2 Å². The Kier molecular flexibility index (Phi) is 3.44. The highest BCUT2D eigenvalue weighted by molar-refractivity contribution is 7.80. The first-order valence-electron chi connectivity index (χ1n) is 5.81. The smallest absolute Gasteiger partial charge is 0.229 e. The fraction of sp³-hybridized carbons (Fsp3) is 0.818. The van der Waals surface area contributed by atoms with Gasteiger partial charge in [0.25, 0.3) is 0 Å². The fourth-order valence-electron chi connectivity index (χ4n) is 1.98. The summed E-state index contributed by atoms with van der Waals surface area (Å²) in [6.07, 6.45) is 2.34. The van der Waals surface area contributed by atoms with Crippen molar-refractivity contribution in [1.82, 2.24) is 10.2 Å². The van der Waals surface area contributed by atoms with Gasteiger partial charge in [0.15, 0.2) is 5.11 Å². The molecule has 2 atom stereocenters. The van der Waals surface area contributed by atoms with Crippen molar-refractivity contribution in [2.45, 2.75) is 38.9 Å². The van der Waals surface area contributed by atoms with Crippen LogP contribution in [0.15, 0.2) is 0 Å². The second-order valence-electron chi connectivity index (χ2n) is 4.73. The van der Waals surface area contributed by atoms with Crippen molar-refractivity contribution in [3.8, 4) is 0 Å². The zero-order valence-corrected chi connectivity index (χ0v) is 10.5. The van der Waals surface area contributed by atoms with Crippen LogP contribution in [0.25, 0.3) is 0 Å². The maximum absolute atomic E-state index is 11.6. The number of hydrogen-bond donors (Lipinski definition) is 1. The van der Waals surface area contributed by atoms with Crippen LogP contribution in [0.3, 0.4) is 0 Å². The van der Waals surface area contributed by atoms with Crippen molar-refractivity contribution in [1.29, 1.82) is 0 Å². The second kappa shape index (κ2) is 4.67. The zero-order valence-electron chi connectivity index (χ0n) is 9.73. The number of morpholine rings is 1. The summed E-state index contributed by atoms with van der Waals surface area (Å²) >= 11 is 5.24. The maximum Gasteiger partial charge on any atom is 0.229 e. The number of hydrogen-bond acceptors (Lipinski definition) is 3. The maximum atomic E-state index is 11.6. The average Bonchev–Trinajstić information content (AvgIpc) is 2.98. The molecule has 0 aromatic rings. The van der Waals surface area contributed by atoms with Crippen molar-refractivity contribution in [2.24, 2.45) is 5.92 Å². The molecule has 0 aromatic carbocycles. The topological polar surface area (TPSA) is 41.6 Å². The zero-order chi connectivity index (χ0) is 11.7. The Hall–Kier alpha value is -0.680. The van der Waals surface area contributed by atoms with Crippen LogP contribution in [-0.2, 0) is 9.53 Å². The second-order valence-corrected chi connectivity index (χ2v) is 5.12. The lowest BCUT2D eigenvalue weighted by molar-refractivity contribution is -0.121. The quantitative estimate of drug-likeness (QED) is 0.694. The van der Waals surface area contributed by atoms with Gasteiger partial charge in [0.05, 0.1) is 12.2 Å². The van der Waals surface area contributed by atoms with Crippen molar-refractivity contribution in [3.63, 3.8) is 0 Å². The predicted molar refractivity (Wildman–Crippen MR) is 65.0 cm³/mol. The standard InChI is InChI=1S/C11H18N2O2S/c1-7-5-13(6-8(2)15-7)11(16)12-10(14)9-3-4-9/h7-9H,3-6H2,1-2H3,(H,12,14,16)/t7-,8+. The number of rotatable bonds is 1. The van der Waals surface area contributed by atoms with Crippen LogP contribution < -0.4 is 5.32 Å². The molecule has 5 heteroatoms. The van der Waals surface area contributed by atoms with Gasteiger partial charge in [-0.25, -0.2) is 0 Å². The summed E-state index contributed by atoms with van der Waals surface area (Å²) in [5, 5.41) is 3.37. The van der Waals surface area contributed by atoms with E-state index in [0.29, 0.717) is 5.11 Å². The molecule has 1 N–H and O–H groups in total. The van der Waals surface area contributed by atoms with Gasteiger partial charge < -0.3 is 15.0 Å². The number of amides is 1. The van der Waals surface area contributed by atoms with Crippen LogP contribution in [-0.4, -0.2) is 41.2 Å². The van der Waals surface area contributed by atoms with Crippen LogP contribution in [0.4, 0.5) is 0 Å². The molecule has 1 heterocycles. The summed E-state index contributed by atoms with van der Waals surface area (Å²) in [5.74, 6) is 0.283. The number of carbonyl (C=O) groups excluding carboxylic acids is 1. The summed E-state index contributed by atoms with van der Waals surface area (Å²) in [5.41, 5.74) is 0. The summed E-state index contributed by atoms with van der Waals surface area (Å²) < 4.78 is 5.62. The van der Waals surface area contributed by atoms with E-state index in [-0.39, 0.29) is 24.0 Å². The fourth-order valence-corrected chi connectivity index (χ4v) is 2.23. The molecule has 2 aliphatic rings. The summed E-state index contributed by atoms with van der Waals surface area (Å²) in [4.78, 5) is 13.6. The van der Waals surface area contributed by atoms with Gasteiger partial charge in [-0.15, -0.1) is 0 Å². The third-order valence-corrected chi connectivity index (χ3v) is 3.25. The SMILES string of the molecule is C[C@@H]1CN(C(=S)NC(=O)C2CC2)C[C@H](C)O1. The molecule has 1 aliphatic carbocycles. The molecule has 1 aliphatic heterocycles. The molecular weight excluding hydrogens is 224 g/mol. The minimum absolute atomic E-state index is 0.0804. The van der Waals surface area contributed by atoms with Crippen LogP contribution in [0.1, 0.15) is 26.7 Å². The van der Waals surface area contributed by atoms with Gasteiger partial charge in [-0.05, 0) is 38.9 Å². The first kappa shape index (κ1) is 11.8. The minimum atomic E-state index is 0.0804. The molecule has 0 spiro atoms. The molecule has 0 unspecified atom stereocenters. The molecular formula is C11H18N2O2S. The van der Waals surface area contributed by atoms with Gasteiger partial charge in [0.2, 0.25) is 5.91 Å². The van der Waals surface area contributed by atoms with Crippen molar-refractivity contribution < 1.29 is 9.53 Å². The monoisotopic (exact) mass is 242 g/mol. The third kappa shape index (κ3) is 2.92. The predicted octanol–water partition coefficient (Wildman–Crippen LogP) is 0.907. The molecule has 90 valence electrons. The summed E-state index contributed by atoms with van der Waals surface area (Å²) in [6, 6.07) is 0. The van der Waals surface area contributed by atoms with Crippen LogP contribution in [0, 0.1) is 5.92 Å². The first-order chi connectivity index (χ1) is 7.56. The van der Waals surface area contributed by atoms with Crippen molar-refractivity contribution in [3.05, 3.63) is 0 Å². The van der Waals surface area contributed by atoms with Gasteiger partial charge in [-0.1, -0.05) is 0 Å². The Morgan fingerprint density at radius 3 is 2.38 bits per heavy atom. The van der Waals surface area contributed by atoms with Crippen LogP contribution in [0.5, 0.6) is 0 Å². The lowest BCUT2D eigenvalue weighted by Crippen LogP contribution is -2.52. The lowest BCUT2D eigenvalue weighted by Gasteiger charge is -2.36. The molecule has 0 bridgehead atoms. The summed E-state index contributed by atoms with van der Waals surface area (Å²) in [7, 11) is 0. The highest BCUT2D eigenvalue weighted by Crippen LogP contribution is 2.28. The number of nitrogens with one attached hydrogen (secondary N) is 1.